The van der Waals surface area contributed by atoms with Gasteiger partial charge in [-0.25, -0.2) is 4.98 Å². The lowest BCUT2D eigenvalue weighted by Crippen LogP contribution is -1.94. The lowest BCUT2D eigenvalue weighted by atomic mass is 10.2. The van der Waals surface area contributed by atoms with Crippen LogP contribution in [0.15, 0.2) is 83.0 Å². The molecule has 1 aromatic heterocycles. The second-order valence-corrected chi connectivity index (χ2v) is 8.96. The SMILES string of the molecule is Clc1ccc(CSc2nc3ccccc3cc2/C=N/OCc2ccc(Cl)c(Cl)c2)cc1. The smallest absolute Gasteiger partial charge is 0.142 e. The molecule has 1 heterocycles. The van der Waals surface area contributed by atoms with E-state index in [-0.39, 0.29) is 0 Å². The van der Waals surface area contributed by atoms with E-state index >= 15 is 0 Å². The van der Waals surface area contributed by atoms with Gasteiger partial charge in [-0.1, -0.05) is 76.4 Å². The van der Waals surface area contributed by atoms with E-state index in [1.807, 2.05) is 54.6 Å². The van der Waals surface area contributed by atoms with E-state index in [0.29, 0.717) is 16.7 Å². The van der Waals surface area contributed by atoms with Crippen molar-refractivity contribution in [3.8, 4) is 0 Å². The maximum Gasteiger partial charge on any atom is 0.142 e. The zero-order chi connectivity index (χ0) is 21.6. The van der Waals surface area contributed by atoms with Gasteiger partial charge in [-0.3, -0.25) is 0 Å². The molecule has 0 aliphatic heterocycles. The van der Waals surface area contributed by atoms with Gasteiger partial charge in [0.25, 0.3) is 0 Å². The van der Waals surface area contributed by atoms with Crippen molar-refractivity contribution in [1.29, 1.82) is 0 Å². The van der Waals surface area contributed by atoms with E-state index in [1.54, 1.807) is 30.1 Å². The molecule has 0 radical (unpaired) electrons. The second kappa shape index (κ2) is 10.4. The van der Waals surface area contributed by atoms with Crippen LogP contribution in [0.25, 0.3) is 10.9 Å². The zero-order valence-corrected chi connectivity index (χ0v) is 19.3. The van der Waals surface area contributed by atoms with Crippen LogP contribution >= 0.6 is 46.6 Å². The number of benzene rings is 3. The van der Waals surface area contributed by atoms with E-state index in [0.717, 1.165) is 37.8 Å². The fraction of sp³-hybridized carbons (Fsp3) is 0.0833. The number of oxime groups is 1. The number of fused-ring (bicyclic) bond motifs is 1. The van der Waals surface area contributed by atoms with E-state index in [4.69, 9.17) is 44.6 Å². The number of pyridine rings is 1. The van der Waals surface area contributed by atoms with Crippen LogP contribution in [0.4, 0.5) is 0 Å². The Kier molecular flexibility index (Phi) is 7.36. The quantitative estimate of drug-likeness (QED) is 0.150. The minimum atomic E-state index is 0.293. The zero-order valence-electron chi connectivity index (χ0n) is 16.3. The highest BCUT2D eigenvalue weighted by Crippen LogP contribution is 2.28. The summed E-state index contributed by atoms with van der Waals surface area (Å²) in [5.74, 6) is 0.771. The molecule has 0 aliphatic rings. The first kappa shape index (κ1) is 22.0. The average molecular weight is 488 g/mol. The van der Waals surface area contributed by atoms with Crippen molar-refractivity contribution in [2.24, 2.45) is 5.16 Å². The van der Waals surface area contributed by atoms with E-state index < -0.39 is 0 Å². The highest BCUT2D eigenvalue weighted by atomic mass is 35.5. The van der Waals surface area contributed by atoms with Gasteiger partial charge in [0.05, 0.1) is 21.8 Å². The van der Waals surface area contributed by atoms with E-state index in [9.17, 15) is 0 Å². The topological polar surface area (TPSA) is 34.5 Å². The molecule has 4 aromatic rings. The molecule has 0 bridgehead atoms. The number of aromatic nitrogens is 1. The van der Waals surface area contributed by atoms with Crippen molar-refractivity contribution in [3.05, 3.63) is 105 Å². The third-order valence-corrected chi connectivity index (χ3v) is 6.56. The largest absolute Gasteiger partial charge is 0.391 e. The Morgan fingerprint density at radius 1 is 0.871 bits per heavy atom. The van der Waals surface area contributed by atoms with Gasteiger partial charge in [0, 0.05) is 21.7 Å². The van der Waals surface area contributed by atoms with Crippen LogP contribution in [-0.2, 0) is 17.2 Å². The molecule has 0 saturated heterocycles. The first-order valence-electron chi connectivity index (χ1n) is 9.45. The summed E-state index contributed by atoms with van der Waals surface area (Å²) < 4.78 is 0. The Hall–Kier alpha value is -2.24. The van der Waals surface area contributed by atoms with Gasteiger partial charge in [0.2, 0.25) is 0 Å². The number of thioether (sulfide) groups is 1. The number of nitrogens with zero attached hydrogens (tertiary/aromatic N) is 2. The minimum absolute atomic E-state index is 0.293. The Labute approximate surface area is 200 Å². The van der Waals surface area contributed by atoms with E-state index in [2.05, 4.69) is 11.2 Å². The van der Waals surface area contributed by atoms with Gasteiger partial charge in [-0.05, 0) is 47.5 Å². The Morgan fingerprint density at radius 2 is 1.65 bits per heavy atom. The molecule has 4 rings (SSSR count). The van der Waals surface area contributed by atoms with Crippen molar-refractivity contribution in [3.63, 3.8) is 0 Å². The standard InChI is InChI=1S/C24H17Cl3N2OS/c25-20-8-5-16(6-9-20)15-31-24-19(12-18-3-1-2-4-23(18)29-24)13-28-30-14-17-7-10-21(26)22(27)11-17/h1-13H,14-15H2/b28-13+. The molecule has 7 heteroatoms. The summed E-state index contributed by atoms with van der Waals surface area (Å²) in [5, 5.41) is 7.81. The lowest BCUT2D eigenvalue weighted by Gasteiger charge is -2.08. The summed E-state index contributed by atoms with van der Waals surface area (Å²) in [6, 6.07) is 23.3. The van der Waals surface area contributed by atoms with Crippen molar-refractivity contribution < 1.29 is 4.84 Å². The molecule has 0 saturated carbocycles. The predicted octanol–water partition coefficient (Wildman–Crippen LogP) is 8.04. The van der Waals surface area contributed by atoms with Crippen molar-refractivity contribution in [2.45, 2.75) is 17.4 Å². The second-order valence-electron chi connectivity index (χ2n) is 6.75. The Bertz CT molecular complexity index is 1230. The number of para-hydroxylation sites is 1. The molecule has 0 fully saturated rings. The summed E-state index contributed by atoms with van der Waals surface area (Å²) >= 11 is 19.6. The average Bonchev–Trinajstić information content (AvgIpc) is 2.78. The van der Waals surface area contributed by atoms with Gasteiger partial charge < -0.3 is 4.84 Å². The third-order valence-electron chi connectivity index (χ3n) is 4.49. The van der Waals surface area contributed by atoms with E-state index in [1.165, 1.54) is 5.56 Å². The minimum Gasteiger partial charge on any atom is -0.391 e. The molecule has 156 valence electrons. The van der Waals surface area contributed by atoms with Crippen LogP contribution in [0.5, 0.6) is 0 Å². The van der Waals surface area contributed by atoms with Crippen molar-refractivity contribution in [2.75, 3.05) is 0 Å². The highest BCUT2D eigenvalue weighted by Gasteiger charge is 2.08. The monoisotopic (exact) mass is 486 g/mol. The third kappa shape index (κ3) is 5.92. The van der Waals surface area contributed by atoms with Gasteiger partial charge in [-0.2, -0.15) is 0 Å². The summed E-state index contributed by atoms with van der Waals surface area (Å²) in [6.07, 6.45) is 1.70. The first-order chi connectivity index (χ1) is 15.1. The van der Waals surface area contributed by atoms with Gasteiger partial charge in [-0.15, -0.1) is 11.8 Å². The molecule has 0 N–H and O–H groups in total. The van der Waals surface area contributed by atoms with Crippen LogP contribution < -0.4 is 0 Å². The molecule has 0 unspecified atom stereocenters. The van der Waals surface area contributed by atoms with Crippen LogP contribution in [-0.4, -0.2) is 11.2 Å². The fourth-order valence-electron chi connectivity index (χ4n) is 2.89. The predicted molar refractivity (Wildman–Crippen MR) is 132 cm³/mol. The molecular weight excluding hydrogens is 471 g/mol. The molecule has 3 nitrogen and oxygen atoms in total. The summed E-state index contributed by atoms with van der Waals surface area (Å²) in [5.41, 5.74) is 3.89. The first-order valence-corrected chi connectivity index (χ1v) is 11.6. The molecule has 31 heavy (non-hydrogen) atoms. The molecular formula is C24H17Cl3N2OS. The number of rotatable bonds is 7. The van der Waals surface area contributed by atoms with Crippen LogP contribution in [0, 0.1) is 0 Å². The summed E-state index contributed by atoms with van der Waals surface area (Å²) in [4.78, 5) is 10.3. The number of halogens is 3. The summed E-state index contributed by atoms with van der Waals surface area (Å²) in [7, 11) is 0. The maximum absolute atomic E-state index is 6.05. The Morgan fingerprint density at radius 3 is 2.45 bits per heavy atom. The maximum atomic E-state index is 6.05. The Balaban J connectivity index is 1.51. The van der Waals surface area contributed by atoms with Crippen LogP contribution in [0.3, 0.4) is 0 Å². The summed E-state index contributed by atoms with van der Waals surface area (Å²) in [6.45, 7) is 0.293. The molecule has 0 atom stereocenters. The van der Waals surface area contributed by atoms with Crippen LogP contribution in [0.2, 0.25) is 15.1 Å². The molecule has 0 spiro atoms. The fourth-order valence-corrected chi connectivity index (χ4v) is 4.27. The number of hydrogen-bond acceptors (Lipinski definition) is 4. The molecule has 0 amide bonds. The number of hydrogen-bond donors (Lipinski definition) is 0. The normalized spacial score (nSPS) is 11.3. The highest BCUT2D eigenvalue weighted by molar-refractivity contribution is 7.98. The van der Waals surface area contributed by atoms with Crippen molar-refractivity contribution >= 4 is 63.7 Å². The molecule has 0 aliphatic carbocycles. The lowest BCUT2D eigenvalue weighted by molar-refractivity contribution is 0.132. The van der Waals surface area contributed by atoms with Gasteiger partial charge in [0.1, 0.15) is 11.6 Å². The van der Waals surface area contributed by atoms with Crippen LogP contribution in [0.1, 0.15) is 16.7 Å². The van der Waals surface area contributed by atoms with Crippen molar-refractivity contribution in [1.82, 2.24) is 4.98 Å². The molecule has 3 aromatic carbocycles. The van der Waals surface area contributed by atoms with Gasteiger partial charge >= 0.3 is 0 Å². The van der Waals surface area contributed by atoms with Gasteiger partial charge in [0.15, 0.2) is 0 Å².